The zero-order valence-electron chi connectivity index (χ0n) is 8.45. The molecule has 0 aromatic heterocycles. The summed E-state index contributed by atoms with van der Waals surface area (Å²) in [5, 5.41) is 11.8. The Morgan fingerprint density at radius 1 is 1.60 bits per heavy atom. The Kier molecular flexibility index (Phi) is 3.62. The number of ether oxygens (including phenoxy) is 1. The first kappa shape index (κ1) is 11.5. The van der Waals surface area contributed by atoms with Gasteiger partial charge in [0.25, 0.3) is 0 Å². The minimum atomic E-state index is -0.932. The SMILES string of the molecule is CO[C@H](C)Nc1ccc(O)c(F)c1C=O. The molecule has 0 aliphatic carbocycles. The monoisotopic (exact) mass is 213 g/mol. The number of hydrogen-bond donors (Lipinski definition) is 2. The first-order valence-corrected chi connectivity index (χ1v) is 4.36. The number of nitrogens with one attached hydrogen (secondary N) is 1. The van der Waals surface area contributed by atoms with Crippen LogP contribution >= 0.6 is 0 Å². The van der Waals surface area contributed by atoms with Gasteiger partial charge in [0.2, 0.25) is 0 Å². The van der Waals surface area contributed by atoms with Crippen LogP contribution in [0.3, 0.4) is 0 Å². The molecule has 82 valence electrons. The van der Waals surface area contributed by atoms with E-state index in [9.17, 15) is 9.18 Å². The van der Waals surface area contributed by atoms with Crippen LogP contribution in [0.5, 0.6) is 5.75 Å². The molecular formula is C10H12FNO3. The van der Waals surface area contributed by atoms with Gasteiger partial charge >= 0.3 is 0 Å². The predicted octanol–water partition coefficient (Wildman–Crippen LogP) is 1.75. The second-order valence-electron chi connectivity index (χ2n) is 3.00. The summed E-state index contributed by atoms with van der Waals surface area (Å²) in [7, 11) is 1.48. The Morgan fingerprint density at radius 2 is 2.27 bits per heavy atom. The van der Waals surface area contributed by atoms with Crippen LogP contribution in [-0.4, -0.2) is 24.7 Å². The number of anilines is 1. The summed E-state index contributed by atoms with van der Waals surface area (Å²) in [5.74, 6) is -1.48. The summed E-state index contributed by atoms with van der Waals surface area (Å²) in [6, 6.07) is 2.59. The highest BCUT2D eigenvalue weighted by atomic mass is 19.1. The van der Waals surface area contributed by atoms with Crippen LogP contribution in [0.25, 0.3) is 0 Å². The molecule has 0 aliphatic heterocycles. The van der Waals surface area contributed by atoms with Crippen molar-refractivity contribution in [1.29, 1.82) is 0 Å². The second-order valence-corrected chi connectivity index (χ2v) is 3.00. The quantitative estimate of drug-likeness (QED) is 0.454. The van der Waals surface area contributed by atoms with Crippen LogP contribution < -0.4 is 5.32 Å². The van der Waals surface area contributed by atoms with Crippen molar-refractivity contribution in [2.75, 3.05) is 12.4 Å². The van der Waals surface area contributed by atoms with Gasteiger partial charge in [0, 0.05) is 12.8 Å². The molecule has 0 saturated carbocycles. The van der Waals surface area contributed by atoms with E-state index in [0.717, 1.165) is 0 Å². The van der Waals surface area contributed by atoms with Crippen molar-refractivity contribution in [1.82, 2.24) is 0 Å². The molecule has 0 aliphatic rings. The molecule has 1 rings (SSSR count). The number of phenols is 1. The van der Waals surface area contributed by atoms with E-state index in [2.05, 4.69) is 5.32 Å². The van der Waals surface area contributed by atoms with E-state index in [1.165, 1.54) is 19.2 Å². The maximum atomic E-state index is 13.3. The zero-order valence-corrected chi connectivity index (χ0v) is 8.45. The molecular weight excluding hydrogens is 201 g/mol. The highest BCUT2D eigenvalue weighted by Gasteiger charge is 2.13. The summed E-state index contributed by atoms with van der Waals surface area (Å²) in [6.45, 7) is 1.71. The maximum absolute atomic E-state index is 13.3. The molecule has 0 fully saturated rings. The Balaban J connectivity index is 3.07. The van der Waals surface area contributed by atoms with E-state index in [-0.39, 0.29) is 17.5 Å². The third-order valence-electron chi connectivity index (χ3n) is 1.99. The van der Waals surface area contributed by atoms with E-state index >= 15 is 0 Å². The molecule has 0 heterocycles. The number of benzene rings is 1. The molecule has 0 amide bonds. The average molecular weight is 213 g/mol. The maximum Gasteiger partial charge on any atom is 0.177 e. The standard InChI is InChI=1S/C10H12FNO3/c1-6(15-2)12-8-3-4-9(14)10(11)7(8)5-13/h3-6,12,14H,1-2H3/t6-/m1/s1. The lowest BCUT2D eigenvalue weighted by Gasteiger charge is -2.15. The first-order valence-electron chi connectivity index (χ1n) is 4.36. The number of carbonyl (C=O) groups excluding carboxylic acids is 1. The summed E-state index contributed by atoms with van der Waals surface area (Å²) < 4.78 is 18.2. The number of methoxy groups -OCH3 is 1. The molecule has 0 radical (unpaired) electrons. The number of rotatable bonds is 4. The van der Waals surface area contributed by atoms with Gasteiger partial charge in [-0.1, -0.05) is 0 Å². The van der Waals surface area contributed by atoms with E-state index in [0.29, 0.717) is 6.29 Å². The number of aromatic hydroxyl groups is 1. The molecule has 1 aromatic carbocycles. The van der Waals surface area contributed by atoms with Crippen molar-refractivity contribution < 1.29 is 19.0 Å². The smallest absolute Gasteiger partial charge is 0.177 e. The van der Waals surface area contributed by atoms with E-state index in [4.69, 9.17) is 9.84 Å². The zero-order chi connectivity index (χ0) is 11.4. The van der Waals surface area contributed by atoms with Gasteiger partial charge in [-0.2, -0.15) is 0 Å². The van der Waals surface area contributed by atoms with Gasteiger partial charge in [-0.05, 0) is 19.1 Å². The molecule has 15 heavy (non-hydrogen) atoms. The van der Waals surface area contributed by atoms with Gasteiger partial charge in [-0.25, -0.2) is 4.39 Å². The predicted molar refractivity (Wildman–Crippen MR) is 53.5 cm³/mol. The lowest BCUT2D eigenvalue weighted by atomic mass is 10.1. The number of phenolic OH excluding ortho intramolecular Hbond substituents is 1. The van der Waals surface area contributed by atoms with Gasteiger partial charge in [-0.15, -0.1) is 0 Å². The van der Waals surface area contributed by atoms with Crippen LogP contribution in [-0.2, 0) is 4.74 Å². The molecule has 1 atom stereocenters. The normalized spacial score (nSPS) is 12.2. The molecule has 1 aromatic rings. The Labute approximate surface area is 86.7 Å². The highest BCUT2D eigenvalue weighted by molar-refractivity contribution is 5.85. The third kappa shape index (κ3) is 2.44. The third-order valence-corrected chi connectivity index (χ3v) is 1.99. The minimum Gasteiger partial charge on any atom is -0.505 e. The summed E-state index contributed by atoms with van der Waals surface area (Å²) in [6.07, 6.45) is -0.00704. The summed E-state index contributed by atoms with van der Waals surface area (Å²) in [5.41, 5.74) is 0.0774. The van der Waals surface area contributed by atoms with Crippen molar-refractivity contribution in [2.24, 2.45) is 0 Å². The van der Waals surface area contributed by atoms with Crippen LogP contribution in [0.1, 0.15) is 17.3 Å². The van der Waals surface area contributed by atoms with Crippen molar-refractivity contribution >= 4 is 12.0 Å². The van der Waals surface area contributed by atoms with E-state index < -0.39 is 11.6 Å². The number of carbonyl (C=O) groups is 1. The molecule has 0 saturated heterocycles. The van der Waals surface area contributed by atoms with E-state index in [1.807, 2.05) is 0 Å². The average Bonchev–Trinajstić information content (AvgIpc) is 2.24. The fourth-order valence-electron chi connectivity index (χ4n) is 1.10. The van der Waals surface area contributed by atoms with E-state index in [1.54, 1.807) is 6.92 Å². The molecule has 5 heteroatoms. The van der Waals surface area contributed by atoms with Gasteiger partial charge in [-0.3, -0.25) is 4.79 Å². The van der Waals surface area contributed by atoms with Gasteiger partial charge in [0.05, 0.1) is 5.56 Å². The number of halogens is 1. The van der Waals surface area contributed by atoms with Crippen LogP contribution in [0.4, 0.5) is 10.1 Å². The number of aldehydes is 1. The molecule has 2 N–H and O–H groups in total. The van der Waals surface area contributed by atoms with Crippen LogP contribution in [0.15, 0.2) is 12.1 Å². The summed E-state index contributed by atoms with van der Waals surface area (Å²) >= 11 is 0. The van der Waals surface area contributed by atoms with Crippen molar-refractivity contribution in [3.63, 3.8) is 0 Å². The van der Waals surface area contributed by atoms with Crippen molar-refractivity contribution in [2.45, 2.75) is 13.2 Å². The highest BCUT2D eigenvalue weighted by Crippen LogP contribution is 2.25. The molecule has 4 nitrogen and oxygen atoms in total. The minimum absolute atomic E-state index is 0.209. The number of hydrogen-bond acceptors (Lipinski definition) is 4. The molecule has 0 spiro atoms. The van der Waals surface area contributed by atoms with Crippen molar-refractivity contribution in [3.8, 4) is 5.75 Å². The topological polar surface area (TPSA) is 58.6 Å². The first-order chi connectivity index (χ1) is 7.10. The fraction of sp³-hybridized carbons (Fsp3) is 0.300. The lowest BCUT2D eigenvalue weighted by molar-refractivity contribution is 0.111. The second kappa shape index (κ2) is 4.75. The van der Waals surface area contributed by atoms with Gasteiger partial charge < -0.3 is 15.2 Å². The summed E-state index contributed by atoms with van der Waals surface area (Å²) in [4.78, 5) is 10.6. The van der Waals surface area contributed by atoms with Crippen LogP contribution in [0, 0.1) is 5.82 Å². The van der Waals surface area contributed by atoms with Crippen LogP contribution in [0.2, 0.25) is 0 Å². The van der Waals surface area contributed by atoms with Gasteiger partial charge in [0.15, 0.2) is 17.9 Å². The largest absolute Gasteiger partial charge is 0.505 e. The Morgan fingerprint density at radius 3 is 2.80 bits per heavy atom. The van der Waals surface area contributed by atoms with Gasteiger partial charge in [0.1, 0.15) is 6.23 Å². The lowest BCUT2D eigenvalue weighted by Crippen LogP contribution is -2.18. The molecule has 0 unspecified atom stereocenters. The Bertz CT molecular complexity index is 368. The Hall–Kier alpha value is -1.62. The van der Waals surface area contributed by atoms with Crippen molar-refractivity contribution in [3.05, 3.63) is 23.5 Å². The fourth-order valence-corrected chi connectivity index (χ4v) is 1.10. The molecule has 0 bridgehead atoms.